The van der Waals surface area contributed by atoms with E-state index in [2.05, 4.69) is 4.98 Å². The molecule has 4 nitrogen and oxygen atoms in total. The van der Waals surface area contributed by atoms with Gasteiger partial charge in [0, 0.05) is 28.9 Å². The summed E-state index contributed by atoms with van der Waals surface area (Å²) in [6.45, 7) is 1.98. The zero-order valence-corrected chi connectivity index (χ0v) is 10.8. The lowest BCUT2D eigenvalue weighted by Crippen LogP contribution is -2.19. The molecule has 2 atom stereocenters. The van der Waals surface area contributed by atoms with Crippen molar-refractivity contribution >= 4 is 27.8 Å². The van der Waals surface area contributed by atoms with E-state index in [0.717, 1.165) is 6.07 Å². The van der Waals surface area contributed by atoms with Crippen LogP contribution in [-0.2, 0) is 17.3 Å². The van der Waals surface area contributed by atoms with E-state index >= 15 is 0 Å². The largest absolute Gasteiger partial charge is 0.369 e. The third kappa shape index (κ3) is 2.10. The second kappa shape index (κ2) is 4.64. The average molecular weight is 273 g/mol. The number of nitrogens with two attached hydrogens (primary N) is 1. The molecular formula is C11H13F2N3OS. The zero-order chi connectivity index (χ0) is 13.4. The summed E-state index contributed by atoms with van der Waals surface area (Å²) in [5.41, 5.74) is 5.99. The van der Waals surface area contributed by atoms with Crippen LogP contribution in [0.1, 0.15) is 6.92 Å². The van der Waals surface area contributed by atoms with Crippen LogP contribution >= 0.6 is 0 Å². The van der Waals surface area contributed by atoms with Crippen molar-refractivity contribution in [3.63, 3.8) is 0 Å². The van der Waals surface area contributed by atoms with Gasteiger partial charge in [-0.3, -0.25) is 4.21 Å². The van der Waals surface area contributed by atoms with Crippen molar-refractivity contribution < 1.29 is 13.0 Å². The number of hydrogen-bond donors (Lipinski definition) is 1. The van der Waals surface area contributed by atoms with Gasteiger partial charge in [-0.15, -0.1) is 0 Å². The summed E-state index contributed by atoms with van der Waals surface area (Å²) in [7, 11) is -1.08. The van der Waals surface area contributed by atoms with E-state index in [1.54, 1.807) is 13.2 Å². The maximum atomic E-state index is 13.8. The van der Waals surface area contributed by atoms with Crippen LogP contribution in [0.15, 0.2) is 12.1 Å². The number of hydrogen-bond acceptors (Lipinski definition) is 3. The molecule has 2 rings (SSSR count). The van der Waals surface area contributed by atoms with Crippen LogP contribution in [0, 0.1) is 11.6 Å². The molecule has 0 spiro atoms. The van der Waals surface area contributed by atoms with Crippen LogP contribution in [-0.4, -0.2) is 25.3 Å². The van der Waals surface area contributed by atoms with E-state index in [1.807, 2.05) is 0 Å². The lowest BCUT2D eigenvalue weighted by atomic mass is 10.3. The standard InChI is InChI=1S/C11H13F2N3OS/c1-6(18(2)17)5-16-10-8(15-11(16)14)4-3-7(12)9(10)13/h3-4,6H,5H2,1-2H3,(H2,14,15). The number of anilines is 1. The molecule has 0 amide bonds. The topological polar surface area (TPSA) is 60.9 Å². The Balaban J connectivity index is 2.59. The molecule has 1 heterocycles. The molecule has 0 saturated carbocycles. The van der Waals surface area contributed by atoms with Gasteiger partial charge in [-0.05, 0) is 19.1 Å². The first-order chi connectivity index (χ1) is 8.41. The molecule has 0 fully saturated rings. The quantitative estimate of drug-likeness (QED) is 0.925. The van der Waals surface area contributed by atoms with Gasteiger partial charge < -0.3 is 10.3 Å². The Hall–Kier alpha value is -1.50. The molecule has 0 bridgehead atoms. The fourth-order valence-corrected chi connectivity index (χ4v) is 2.08. The van der Waals surface area contributed by atoms with Crippen molar-refractivity contribution in [1.82, 2.24) is 9.55 Å². The number of halogens is 2. The van der Waals surface area contributed by atoms with Crippen molar-refractivity contribution in [2.75, 3.05) is 12.0 Å². The minimum Gasteiger partial charge on any atom is -0.369 e. The molecule has 0 saturated heterocycles. The Bertz CT molecular complexity index is 626. The van der Waals surface area contributed by atoms with Crippen LogP contribution in [0.4, 0.5) is 14.7 Å². The fourth-order valence-electron chi connectivity index (χ4n) is 1.72. The van der Waals surface area contributed by atoms with Crippen LogP contribution < -0.4 is 5.73 Å². The van der Waals surface area contributed by atoms with Gasteiger partial charge in [0.15, 0.2) is 11.6 Å². The first-order valence-corrected chi connectivity index (χ1v) is 6.96. The van der Waals surface area contributed by atoms with Crippen molar-refractivity contribution in [2.45, 2.75) is 18.7 Å². The Morgan fingerprint density at radius 2 is 2.17 bits per heavy atom. The highest BCUT2D eigenvalue weighted by molar-refractivity contribution is 7.84. The lowest BCUT2D eigenvalue weighted by molar-refractivity contribution is 0.511. The van der Waals surface area contributed by atoms with Crippen molar-refractivity contribution in [3.8, 4) is 0 Å². The second-order valence-corrected chi connectivity index (χ2v) is 5.92. The number of imidazole rings is 1. The van der Waals surface area contributed by atoms with Gasteiger partial charge in [0.1, 0.15) is 5.52 Å². The molecule has 1 aromatic heterocycles. The van der Waals surface area contributed by atoms with E-state index in [1.165, 1.54) is 10.6 Å². The summed E-state index contributed by atoms with van der Waals surface area (Å²) in [4.78, 5) is 3.96. The molecule has 2 N–H and O–H groups in total. The summed E-state index contributed by atoms with van der Waals surface area (Å²) >= 11 is 0. The van der Waals surface area contributed by atoms with E-state index in [4.69, 9.17) is 5.73 Å². The van der Waals surface area contributed by atoms with E-state index in [-0.39, 0.29) is 23.3 Å². The number of rotatable bonds is 3. The molecule has 98 valence electrons. The first kappa shape index (κ1) is 12.9. The third-order valence-corrected chi connectivity index (χ3v) is 4.12. The predicted molar refractivity (Wildman–Crippen MR) is 67.6 cm³/mol. The summed E-state index contributed by atoms with van der Waals surface area (Å²) < 4.78 is 39.7. The van der Waals surface area contributed by atoms with Gasteiger partial charge in [-0.25, -0.2) is 13.8 Å². The van der Waals surface area contributed by atoms with Gasteiger partial charge in [0.05, 0.1) is 5.52 Å². The Morgan fingerprint density at radius 1 is 1.50 bits per heavy atom. The normalized spacial score (nSPS) is 14.9. The maximum Gasteiger partial charge on any atom is 0.201 e. The number of fused-ring (bicyclic) bond motifs is 1. The van der Waals surface area contributed by atoms with Gasteiger partial charge in [-0.2, -0.15) is 0 Å². The van der Waals surface area contributed by atoms with Gasteiger partial charge in [-0.1, -0.05) is 0 Å². The molecule has 2 unspecified atom stereocenters. The van der Waals surface area contributed by atoms with Crippen molar-refractivity contribution in [1.29, 1.82) is 0 Å². The van der Waals surface area contributed by atoms with E-state index in [9.17, 15) is 13.0 Å². The lowest BCUT2D eigenvalue weighted by Gasteiger charge is -2.11. The number of nitrogen functional groups attached to an aromatic ring is 1. The van der Waals surface area contributed by atoms with Crippen LogP contribution in [0.3, 0.4) is 0 Å². The molecule has 0 aliphatic heterocycles. The molecule has 0 aliphatic carbocycles. The summed E-state index contributed by atoms with van der Waals surface area (Å²) in [6.07, 6.45) is 1.55. The molecular weight excluding hydrogens is 260 g/mol. The SMILES string of the molecule is CC(Cn1c(N)nc2ccc(F)c(F)c21)S(C)=O. The zero-order valence-electron chi connectivity index (χ0n) is 9.98. The summed E-state index contributed by atoms with van der Waals surface area (Å²) in [6, 6.07) is 2.38. The molecule has 18 heavy (non-hydrogen) atoms. The fraction of sp³-hybridized carbons (Fsp3) is 0.364. The van der Waals surface area contributed by atoms with Crippen LogP contribution in [0.25, 0.3) is 11.0 Å². The molecule has 2 aromatic rings. The number of aromatic nitrogens is 2. The molecule has 1 aromatic carbocycles. The first-order valence-electron chi connectivity index (χ1n) is 5.33. The molecule has 0 aliphatic rings. The number of nitrogens with zero attached hydrogens (tertiary/aromatic N) is 2. The molecule has 7 heteroatoms. The Morgan fingerprint density at radius 3 is 2.78 bits per heavy atom. The van der Waals surface area contributed by atoms with E-state index in [0.29, 0.717) is 5.52 Å². The maximum absolute atomic E-state index is 13.8. The van der Waals surface area contributed by atoms with Crippen molar-refractivity contribution in [2.24, 2.45) is 0 Å². The highest BCUT2D eigenvalue weighted by Gasteiger charge is 2.18. The Kier molecular flexibility index (Phi) is 3.34. The van der Waals surface area contributed by atoms with Crippen molar-refractivity contribution in [3.05, 3.63) is 23.8 Å². The highest BCUT2D eigenvalue weighted by Crippen LogP contribution is 2.23. The van der Waals surface area contributed by atoms with Gasteiger partial charge >= 0.3 is 0 Å². The number of benzene rings is 1. The molecule has 0 radical (unpaired) electrons. The highest BCUT2D eigenvalue weighted by atomic mass is 32.2. The smallest absolute Gasteiger partial charge is 0.201 e. The monoisotopic (exact) mass is 273 g/mol. The van der Waals surface area contributed by atoms with E-state index < -0.39 is 22.4 Å². The minimum absolute atomic E-state index is 0.0183. The second-order valence-electron chi connectivity index (χ2n) is 4.12. The third-order valence-electron chi connectivity index (χ3n) is 2.84. The van der Waals surface area contributed by atoms with Crippen LogP contribution in [0.5, 0.6) is 0 Å². The summed E-state index contributed by atoms with van der Waals surface area (Å²) in [5.74, 6) is -1.84. The Labute approximate surface area is 105 Å². The minimum atomic E-state index is -1.08. The summed E-state index contributed by atoms with van der Waals surface area (Å²) in [5, 5.41) is -0.229. The predicted octanol–water partition coefficient (Wildman–Crippen LogP) is 1.66. The van der Waals surface area contributed by atoms with Crippen LogP contribution in [0.2, 0.25) is 0 Å². The van der Waals surface area contributed by atoms with Gasteiger partial charge in [0.25, 0.3) is 0 Å². The average Bonchev–Trinajstić information content (AvgIpc) is 2.61. The van der Waals surface area contributed by atoms with Gasteiger partial charge in [0.2, 0.25) is 5.95 Å².